The van der Waals surface area contributed by atoms with Gasteiger partial charge in [0.2, 0.25) is 5.91 Å². The van der Waals surface area contributed by atoms with Crippen molar-refractivity contribution in [2.24, 2.45) is 11.3 Å². The molecular weight excluding hydrogens is 308 g/mol. The summed E-state index contributed by atoms with van der Waals surface area (Å²) < 4.78 is 1.76. The Labute approximate surface area is 138 Å². The van der Waals surface area contributed by atoms with E-state index in [4.69, 9.17) is 0 Å². The van der Waals surface area contributed by atoms with Crippen molar-refractivity contribution in [3.63, 3.8) is 0 Å². The Morgan fingerprint density at radius 2 is 2.29 bits per heavy atom. The van der Waals surface area contributed by atoms with Gasteiger partial charge >= 0.3 is 5.97 Å². The first-order chi connectivity index (χ1) is 11.6. The van der Waals surface area contributed by atoms with Crippen LogP contribution in [0.5, 0.6) is 0 Å². The molecule has 2 N–H and O–H groups in total. The van der Waals surface area contributed by atoms with Gasteiger partial charge in [0.05, 0.1) is 11.6 Å². The fourth-order valence-electron chi connectivity index (χ4n) is 3.75. The number of aromatic nitrogens is 2. The Morgan fingerprint density at radius 3 is 3.00 bits per heavy atom. The molecule has 2 saturated heterocycles. The summed E-state index contributed by atoms with van der Waals surface area (Å²) >= 11 is 0. The number of hydrogen-bond donors (Lipinski definition) is 2. The Morgan fingerprint density at radius 1 is 1.42 bits per heavy atom. The minimum Gasteiger partial charge on any atom is -0.481 e. The Bertz CT molecular complexity index is 789. The fourth-order valence-corrected chi connectivity index (χ4v) is 3.75. The third-order valence-electron chi connectivity index (χ3n) is 5.02. The largest absolute Gasteiger partial charge is 0.481 e. The standard InChI is InChI=1S/C17H18N4O3/c22-15-14-8-18-10-17(14,16(23)24)11-20(15)9-12-3-1-4-13(7-12)21-6-2-5-19-21/h1-7,14,18H,8-11H2,(H,23,24)/t14-,17-/m0/s1. The molecular formula is C17H18N4O3. The summed E-state index contributed by atoms with van der Waals surface area (Å²) in [7, 11) is 0. The second-order valence-electron chi connectivity index (χ2n) is 6.46. The Balaban J connectivity index is 1.57. The van der Waals surface area contributed by atoms with Crippen LogP contribution in [0.1, 0.15) is 5.56 Å². The average molecular weight is 326 g/mol. The summed E-state index contributed by atoms with van der Waals surface area (Å²) in [6.45, 7) is 1.46. The van der Waals surface area contributed by atoms with Crippen LogP contribution in [0.15, 0.2) is 42.7 Å². The van der Waals surface area contributed by atoms with Crippen molar-refractivity contribution in [2.45, 2.75) is 6.54 Å². The molecule has 0 bridgehead atoms. The first-order valence-electron chi connectivity index (χ1n) is 7.92. The van der Waals surface area contributed by atoms with Gasteiger partial charge in [0.25, 0.3) is 0 Å². The van der Waals surface area contributed by atoms with Crippen LogP contribution in [0.4, 0.5) is 0 Å². The lowest BCUT2D eigenvalue weighted by molar-refractivity contribution is -0.149. The number of aliphatic carboxylic acids is 1. The summed E-state index contributed by atoms with van der Waals surface area (Å²) in [5, 5.41) is 16.9. The Hall–Kier alpha value is -2.67. The van der Waals surface area contributed by atoms with Crippen LogP contribution in [0.3, 0.4) is 0 Å². The van der Waals surface area contributed by atoms with Gasteiger partial charge < -0.3 is 15.3 Å². The highest BCUT2D eigenvalue weighted by molar-refractivity contribution is 5.92. The molecule has 1 amide bonds. The molecule has 1 aromatic heterocycles. The predicted octanol–water partition coefficient (Wildman–Crippen LogP) is 0.505. The third kappa shape index (κ3) is 2.20. The fraction of sp³-hybridized carbons (Fsp3) is 0.353. The second-order valence-corrected chi connectivity index (χ2v) is 6.46. The lowest BCUT2D eigenvalue weighted by Crippen LogP contribution is -2.40. The predicted molar refractivity (Wildman–Crippen MR) is 85.4 cm³/mol. The van der Waals surface area contributed by atoms with Gasteiger partial charge in [-0.2, -0.15) is 5.10 Å². The van der Waals surface area contributed by atoms with Crippen LogP contribution in [0, 0.1) is 11.3 Å². The number of benzene rings is 1. The molecule has 0 radical (unpaired) electrons. The summed E-state index contributed by atoms with van der Waals surface area (Å²) in [5.74, 6) is -1.44. The molecule has 0 unspecified atom stereocenters. The molecule has 124 valence electrons. The van der Waals surface area contributed by atoms with Crippen molar-refractivity contribution in [3.05, 3.63) is 48.3 Å². The maximum absolute atomic E-state index is 12.6. The third-order valence-corrected chi connectivity index (χ3v) is 5.02. The van der Waals surface area contributed by atoms with Crippen molar-refractivity contribution >= 4 is 11.9 Å². The van der Waals surface area contributed by atoms with E-state index in [0.717, 1.165) is 11.3 Å². The van der Waals surface area contributed by atoms with Gasteiger partial charge in [-0.1, -0.05) is 12.1 Å². The van der Waals surface area contributed by atoms with Crippen molar-refractivity contribution in [1.29, 1.82) is 0 Å². The van der Waals surface area contributed by atoms with Crippen LogP contribution >= 0.6 is 0 Å². The molecule has 2 fully saturated rings. The van der Waals surface area contributed by atoms with Crippen LogP contribution < -0.4 is 5.32 Å². The quantitative estimate of drug-likeness (QED) is 0.854. The number of carboxylic acids is 1. The molecule has 2 aromatic rings. The van der Waals surface area contributed by atoms with Crippen LogP contribution in [0.2, 0.25) is 0 Å². The van der Waals surface area contributed by atoms with Gasteiger partial charge in [-0.05, 0) is 23.8 Å². The van der Waals surface area contributed by atoms with Crippen LogP contribution in [-0.2, 0) is 16.1 Å². The monoisotopic (exact) mass is 326 g/mol. The number of nitrogens with one attached hydrogen (secondary N) is 1. The highest BCUT2D eigenvalue weighted by atomic mass is 16.4. The molecule has 7 nitrogen and oxygen atoms in total. The van der Waals surface area contributed by atoms with E-state index in [1.165, 1.54) is 0 Å². The first kappa shape index (κ1) is 14.9. The number of nitrogens with zero attached hydrogens (tertiary/aromatic N) is 3. The first-order valence-corrected chi connectivity index (χ1v) is 7.92. The normalized spacial score (nSPS) is 25.9. The molecule has 2 aliphatic rings. The van der Waals surface area contributed by atoms with E-state index in [-0.39, 0.29) is 12.5 Å². The summed E-state index contributed by atoms with van der Waals surface area (Å²) in [6, 6.07) is 9.63. The maximum Gasteiger partial charge on any atom is 0.313 e. The number of fused-ring (bicyclic) bond motifs is 1. The van der Waals surface area contributed by atoms with E-state index in [0.29, 0.717) is 19.6 Å². The number of likely N-dealkylation sites (tertiary alicyclic amines) is 1. The molecule has 0 aliphatic carbocycles. The number of rotatable bonds is 4. The zero-order chi connectivity index (χ0) is 16.7. The van der Waals surface area contributed by atoms with E-state index in [1.54, 1.807) is 15.8 Å². The van der Waals surface area contributed by atoms with Gasteiger partial charge in [-0.15, -0.1) is 0 Å². The van der Waals surface area contributed by atoms with Crippen molar-refractivity contribution < 1.29 is 14.7 Å². The molecule has 0 saturated carbocycles. The maximum atomic E-state index is 12.6. The lowest BCUT2D eigenvalue weighted by atomic mass is 9.81. The van der Waals surface area contributed by atoms with E-state index in [2.05, 4.69) is 10.4 Å². The smallest absolute Gasteiger partial charge is 0.313 e. The molecule has 2 atom stereocenters. The topological polar surface area (TPSA) is 87.5 Å². The van der Waals surface area contributed by atoms with Crippen molar-refractivity contribution in [2.75, 3.05) is 19.6 Å². The highest BCUT2D eigenvalue weighted by Gasteiger charge is 2.59. The Kier molecular flexibility index (Phi) is 3.38. The summed E-state index contributed by atoms with van der Waals surface area (Å²) in [5.41, 5.74) is 0.889. The van der Waals surface area contributed by atoms with Crippen molar-refractivity contribution in [1.82, 2.24) is 20.0 Å². The van der Waals surface area contributed by atoms with Gasteiger partial charge in [0.1, 0.15) is 5.41 Å². The summed E-state index contributed by atoms with van der Waals surface area (Å²) in [6.07, 6.45) is 3.57. The lowest BCUT2D eigenvalue weighted by Gasteiger charge is -2.22. The SMILES string of the molecule is O=C1[C@@H]2CNC[C@]2(C(=O)O)CN1Cc1cccc(-n2cccn2)c1. The molecule has 1 aromatic carbocycles. The number of hydrogen-bond acceptors (Lipinski definition) is 4. The highest BCUT2D eigenvalue weighted by Crippen LogP contribution is 2.40. The van der Waals surface area contributed by atoms with Gasteiger partial charge in [-0.25, -0.2) is 4.68 Å². The molecule has 0 spiro atoms. The molecule has 2 aliphatic heterocycles. The van der Waals surface area contributed by atoms with Gasteiger partial charge in [0.15, 0.2) is 0 Å². The zero-order valence-corrected chi connectivity index (χ0v) is 13.1. The van der Waals surface area contributed by atoms with Gasteiger partial charge in [-0.3, -0.25) is 9.59 Å². The number of amides is 1. The van der Waals surface area contributed by atoms with Gasteiger partial charge in [0, 0.05) is 38.6 Å². The zero-order valence-electron chi connectivity index (χ0n) is 13.1. The summed E-state index contributed by atoms with van der Waals surface area (Å²) in [4.78, 5) is 26.0. The average Bonchev–Trinajstić information content (AvgIpc) is 3.27. The second kappa shape index (κ2) is 5.45. The van der Waals surface area contributed by atoms with Crippen molar-refractivity contribution in [3.8, 4) is 5.69 Å². The number of carbonyl (C=O) groups excluding carboxylic acids is 1. The molecule has 24 heavy (non-hydrogen) atoms. The van der Waals surface area contributed by atoms with Crippen LogP contribution in [-0.4, -0.2) is 51.3 Å². The van der Waals surface area contributed by atoms with E-state index >= 15 is 0 Å². The van der Waals surface area contributed by atoms with E-state index < -0.39 is 17.3 Å². The minimum atomic E-state index is -0.989. The van der Waals surface area contributed by atoms with E-state index in [1.807, 2.05) is 36.5 Å². The minimum absolute atomic E-state index is 0.0770. The van der Waals surface area contributed by atoms with Crippen LogP contribution in [0.25, 0.3) is 5.69 Å². The number of carboxylic acid groups (broad SMARTS) is 1. The molecule has 7 heteroatoms. The number of carbonyl (C=O) groups is 2. The van der Waals surface area contributed by atoms with E-state index in [9.17, 15) is 14.7 Å². The molecule has 3 heterocycles. The molecule has 4 rings (SSSR count).